The highest BCUT2D eigenvalue weighted by molar-refractivity contribution is 6.42. The van der Waals surface area contributed by atoms with Gasteiger partial charge in [-0.3, -0.25) is 0 Å². The highest BCUT2D eigenvalue weighted by Crippen LogP contribution is 2.23. The zero-order chi connectivity index (χ0) is 15.2. The van der Waals surface area contributed by atoms with Crippen LogP contribution >= 0.6 is 23.2 Å². The number of hydrogen-bond acceptors (Lipinski definition) is 3. The normalized spacial score (nSPS) is 10.2. The van der Waals surface area contributed by atoms with Crippen molar-refractivity contribution < 1.29 is 9.53 Å². The first kappa shape index (κ1) is 15.7. The van der Waals surface area contributed by atoms with E-state index in [1.165, 1.54) is 0 Å². The number of rotatable bonds is 5. The Morgan fingerprint density at radius 3 is 2.43 bits per heavy atom. The van der Waals surface area contributed by atoms with Gasteiger partial charge < -0.3 is 10.1 Å². The first-order valence-corrected chi connectivity index (χ1v) is 7.30. The lowest BCUT2D eigenvalue weighted by Gasteiger charge is -2.08. The van der Waals surface area contributed by atoms with Crippen LogP contribution in [-0.4, -0.2) is 12.6 Å². The van der Waals surface area contributed by atoms with Gasteiger partial charge in [0.1, 0.15) is 0 Å². The highest BCUT2D eigenvalue weighted by atomic mass is 35.5. The van der Waals surface area contributed by atoms with Gasteiger partial charge in [0, 0.05) is 12.2 Å². The number of nitrogens with one attached hydrogen (secondary N) is 1. The quantitative estimate of drug-likeness (QED) is 0.804. The van der Waals surface area contributed by atoms with Crippen LogP contribution in [0.15, 0.2) is 42.5 Å². The average molecular weight is 324 g/mol. The Labute approximate surface area is 133 Å². The molecule has 0 unspecified atom stereocenters. The third-order valence-electron chi connectivity index (χ3n) is 2.88. The number of ether oxygens (including phenoxy) is 1. The van der Waals surface area contributed by atoms with Crippen molar-refractivity contribution in [3.8, 4) is 0 Å². The Balaban J connectivity index is 1.97. The summed E-state index contributed by atoms with van der Waals surface area (Å²) in [4.78, 5) is 11.5. The predicted molar refractivity (Wildman–Crippen MR) is 86.2 cm³/mol. The van der Waals surface area contributed by atoms with Crippen molar-refractivity contribution in [2.75, 3.05) is 11.9 Å². The van der Waals surface area contributed by atoms with E-state index in [0.29, 0.717) is 28.8 Å². The van der Waals surface area contributed by atoms with E-state index in [4.69, 9.17) is 27.9 Å². The molecule has 0 saturated heterocycles. The Morgan fingerprint density at radius 1 is 1.10 bits per heavy atom. The molecular weight excluding hydrogens is 309 g/mol. The molecule has 2 rings (SSSR count). The molecule has 0 aliphatic carbocycles. The van der Waals surface area contributed by atoms with Crippen molar-refractivity contribution in [3.05, 3.63) is 63.6 Å². The molecule has 21 heavy (non-hydrogen) atoms. The summed E-state index contributed by atoms with van der Waals surface area (Å²) in [6, 6.07) is 12.6. The fraction of sp³-hybridized carbons (Fsp3) is 0.188. The lowest BCUT2D eigenvalue weighted by atomic mass is 10.2. The molecule has 0 fully saturated rings. The number of hydrogen-bond donors (Lipinski definition) is 1. The minimum absolute atomic E-state index is 0.312. The van der Waals surface area contributed by atoms with Crippen LogP contribution in [0, 0.1) is 0 Å². The molecule has 0 bridgehead atoms. The third kappa shape index (κ3) is 4.38. The zero-order valence-corrected chi connectivity index (χ0v) is 13.0. The summed E-state index contributed by atoms with van der Waals surface area (Å²) >= 11 is 11.8. The largest absolute Gasteiger partial charge is 0.462 e. The zero-order valence-electron chi connectivity index (χ0n) is 11.5. The van der Waals surface area contributed by atoms with Crippen LogP contribution in [0.3, 0.4) is 0 Å². The molecule has 2 aromatic carbocycles. The monoisotopic (exact) mass is 323 g/mol. The van der Waals surface area contributed by atoms with Gasteiger partial charge in [0.15, 0.2) is 0 Å². The van der Waals surface area contributed by atoms with Crippen molar-refractivity contribution in [2.24, 2.45) is 0 Å². The lowest BCUT2D eigenvalue weighted by molar-refractivity contribution is 0.0526. The molecule has 0 heterocycles. The fourth-order valence-corrected chi connectivity index (χ4v) is 2.11. The van der Waals surface area contributed by atoms with E-state index in [-0.39, 0.29) is 5.97 Å². The van der Waals surface area contributed by atoms with Crippen LogP contribution in [0.25, 0.3) is 0 Å². The summed E-state index contributed by atoms with van der Waals surface area (Å²) in [6.45, 7) is 2.77. The predicted octanol–water partition coefficient (Wildman–Crippen LogP) is 4.78. The summed E-state index contributed by atoms with van der Waals surface area (Å²) in [5.74, 6) is -0.312. The van der Waals surface area contributed by atoms with Gasteiger partial charge >= 0.3 is 5.97 Å². The molecule has 5 heteroatoms. The fourth-order valence-electron chi connectivity index (χ4n) is 1.79. The first-order valence-electron chi connectivity index (χ1n) is 6.55. The highest BCUT2D eigenvalue weighted by Gasteiger charge is 2.05. The molecule has 0 aromatic heterocycles. The topological polar surface area (TPSA) is 38.3 Å². The van der Waals surface area contributed by atoms with E-state index < -0.39 is 0 Å². The molecule has 0 aliphatic rings. The van der Waals surface area contributed by atoms with Crippen LogP contribution in [0.5, 0.6) is 0 Å². The maximum Gasteiger partial charge on any atom is 0.338 e. The van der Waals surface area contributed by atoms with E-state index in [1.54, 1.807) is 25.1 Å². The molecule has 0 aliphatic heterocycles. The summed E-state index contributed by atoms with van der Waals surface area (Å²) in [5, 5.41) is 4.33. The maximum absolute atomic E-state index is 11.5. The van der Waals surface area contributed by atoms with Crippen molar-refractivity contribution in [1.29, 1.82) is 0 Å². The molecular formula is C16H15Cl2NO2. The molecule has 0 atom stereocenters. The van der Waals surface area contributed by atoms with Crippen molar-refractivity contribution in [1.82, 2.24) is 0 Å². The van der Waals surface area contributed by atoms with Crippen LogP contribution in [0.1, 0.15) is 22.8 Å². The third-order valence-corrected chi connectivity index (χ3v) is 3.62. The Bertz CT molecular complexity index is 627. The van der Waals surface area contributed by atoms with E-state index in [2.05, 4.69) is 5.32 Å². The summed E-state index contributed by atoms with van der Waals surface area (Å²) < 4.78 is 4.93. The van der Waals surface area contributed by atoms with Gasteiger partial charge in [0.2, 0.25) is 0 Å². The van der Waals surface area contributed by atoms with Gasteiger partial charge in [-0.2, -0.15) is 0 Å². The van der Waals surface area contributed by atoms with Gasteiger partial charge in [-0.1, -0.05) is 29.3 Å². The SMILES string of the molecule is CCOC(=O)c1ccc(NCc2ccc(Cl)c(Cl)c2)cc1. The van der Waals surface area contributed by atoms with Crippen LogP contribution in [-0.2, 0) is 11.3 Å². The average Bonchev–Trinajstić information content (AvgIpc) is 2.49. The van der Waals surface area contributed by atoms with Gasteiger partial charge in [-0.05, 0) is 48.9 Å². The van der Waals surface area contributed by atoms with Crippen molar-refractivity contribution >= 4 is 34.9 Å². The van der Waals surface area contributed by atoms with E-state index in [9.17, 15) is 4.79 Å². The minimum Gasteiger partial charge on any atom is -0.462 e. The summed E-state index contributed by atoms with van der Waals surface area (Å²) in [6.07, 6.45) is 0. The van der Waals surface area contributed by atoms with Gasteiger partial charge in [-0.15, -0.1) is 0 Å². The summed E-state index contributed by atoms with van der Waals surface area (Å²) in [5.41, 5.74) is 2.48. The molecule has 3 nitrogen and oxygen atoms in total. The first-order chi connectivity index (χ1) is 10.1. The van der Waals surface area contributed by atoms with Crippen LogP contribution in [0.2, 0.25) is 10.0 Å². The molecule has 110 valence electrons. The maximum atomic E-state index is 11.5. The van der Waals surface area contributed by atoms with Crippen LogP contribution < -0.4 is 5.32 Å². The molecule has 0 saturated carbocycles. The second-order valence-electron chi connectivity index (χ2n) is 4.40. The lowest BCUT2D eigenvalue weighted by Crippen LogP contribution is -2.05. The van der Waals surface area contributed by atoms with Gasteiger partial charge in [0.05, 0.1) is 22.2 Å². The molecule has 1 N–H and O–H groups in total. The van der Waals surface area contributed by atoms with Crippen molar-refractivity contribution in [3.63, 3.8) is 0 Å². The number of halogens is 2. The second-order valence-corrected chi connectivity index (χ2v) is 5.21. The Hall–Kier alpha value is -1.71. The Kier molecular flexibility index (Phi) is 5.48. The molecule has 0 amide bonds. The number of carbonyl (C=O) groups is 1. The summed E-state index contributed by atoms with van der Waals surface area (Å²) in [7, 11) is 0. The molecule has 0 radical (unpaired) electrons. The molecule has 0 spiro atoms. The number of esters is 1. The van der Waals surface area contributed by atoms with E-state index >= 15 is 0 Å². The minimum atomic E-state index is -0.312. The van der Waals surface area contributed by atoms with E-state index in [0.717, 1.165) is 11.3 Å². The smallest absolute Gasteiger partial charge is 0.338 e. The van der Waals surface area contributed by atoms with E-state index in [1.807, 2.05) is 24.3 Å². The van der Waals surface area contributed by atoms with Gasteiger partial charge in [0.25, 0.3) is 0 Å². The number of benzene rings is 2. The Morgan fingerprint density at radius 2 is 1.81 bits per heavy atom. The number of anilines is 1. The second kappa shape index (κ2) is 7.34. The van der Waals surface area contributed by atoms with Crippen LogP contribution in [0.4, 0.5) is 5.69 Å². The molecule has 2 aromatic rings. The van der Waals surface area contributed by atoms with Crippen molar-refractivity contribution in [2.45, 2.75) is 13.5 Å². The number of carbonyl (C=O) groups excluding carboxylic acids is 1. The van der Waals surface area contributed by atoms with Gasteiger partial charge in [-0.25, -0.2) is 4.79 Å². The standard InChI is InChI=1S/C16H15Cl2NO2/c1-2-21-16(20)12-4-6-13(7-5-12)19-10-11-3-8-14(17)15(18)9-11/h3-9,19H,2,10H2,1H3.